The van der Waals surface area contributed by atoms with Crippen molar-refractivity contribution in [2.45, 2.75) is 98.4 Å². The van der Waals surface area contributed by atoms with Crippen molar-refractivity contribution in [1.82, 2.24) is 4.57 Å². The molecule has 5 aromatic rings. The fourth-order valence-corrected chi connectivity index (χ4v) is 7.65. The lowest BCUT2D eigenvalue weighted by atomic mass is 9.90. The molecule has 0 aliphatic heterocycles. The van der Waals surface area contributed by atoms with Gasteiger partial charge in [-0.05, 0) is 135 Å². The molecule has 0 bridgehead atoms. The number of oxime groups is 1. The Balaban J connectivity index is 1.22. The summed E-state index contributed by atoms with van der Waals surface area (Å²) in [5.41, 5.74) is 5.62. The lowest BCUT2D eigenvalue weighted by molar-refractivity contribution is -0.141. The minimum Gasteiger partial charge on any atom is -0.423 e. The first-order chi connectivity index (χ1) is 30.0. The van der Waals surface area contributed by atoms with E-state index >= 15 is 0 Å². The molecular weight excluding hydrogens is 785 g/mol. The lowest BCUT2D eigenvalue weighted by Gasteiger charge is -2.21. The van der Waals surface area contributed by atoms with Crippen LogP contribution in [0.5, 0.6) is 11.5 Å². The molecule has 0 N–H and O–H groups in total. The van der Waals surface area contributed by atoms with Gasteiger partial charge in [0.25, 0.3) is 0 Å². The first-order valence-electron chi connectivity index (χ1n) is 21.4. The Kier molecular flexibility index (Phi) is 15.3. The van der Waals surface area contributed by atoms with Gasteiger partial charge in [0, 0.05) is 57.9 Å². The monoisotopic (exact) mass is 836 g/mol. The molecule has 6 rings (SSSR count). The molecular formula is C51H52N2O9. The van der Waals surface area contributed by atoms with Crippen molar-refractivity contribution in [3.8, 4) is 11.5 Å². The second-order valence-electron chi connectivity index (χ2n) is 15.6. The number of carbonyl (C=O) groups excluding carboxylic acids is 6. The summed E-state index contributed by atoms with van der Waals surface area (Å²) >= 11 is 0. The highest BCUT2D eigenvalue weighted by atomic mass is 16.7. The van der Waals surface area contributed by atoms with Crippen LogP contribution in [0.25, 0.3) is 17.0 Å². The molecule has 62 heavy (non-hydrogen) atoms. The van der Waals surface area contributed by atoms with Crippen LogP contribution in [0.1, 0.15) is 144 Å². The summed E-state index contributed by atoms with van der Waals surface area (Å²) in [4.78, 5) is 81.0. The Hall–Kier alpha value is -6.75. The third-order valence-electron chi connectivity index (χ3n) is 11.2. The Labute approximate surface area is 361 Å². The van der Waals surface area contributed by atoms with E-state index in [0.717, 1.165) is 73.7 Å². The Morgan fingerprint density at radius 1 is 0.726 bits per heavy atom. The van der Waals surface area contributed by atoms with Gasteiger partial charge in [-0.25, -0.2) is 14.4 Å². The van der Waals surface area contributed by atoms with E-state index in [4.69, 9.17) is 14.3 Å². The molecule has 0 saturated heterocycles. The van der Waals surface area contributed by atoms with Crippen molar-refractivity contribution >= 4 is 58.5 Å². The van der Waals surface area contributed by atoms with Crippen molar-refractivity contribution in [3.05, 3.63) is 136 Å². The number of esters is 2. The van der Waals surface area contributed by atoms with Crippen molar-refractivity contribution in [3.63, 3.8) is 0 Å². The van der Waals surface area contributed by atoms with Crippen LogP contribution in [0.4, 0.5) is 0 Å². The van der Waals surface area contributed by atoms with Crippen molar-refractivity contribution < 1.29 is 43.1 Å². The van der Waals surface area contributed by atoms with Crippen molar-refractivity contribution in [2.24, 2.45) is 11.1 Å². The van der Waals surface area contributed by atoms with E-state index in [-0.39, 0.29) is 39.9 Å². The molecule has 0 fully saturated rings. The normalized spacial score (nSPS) is 12.8. The number of nitrogens with zero attached hydrogens (tertiary/aromatic N) is 2. The average Bonchev–Trinajstić information content (AvgIpc) is 3.60. The van der Waals surface area contributed by atoms with Crippen LogP contribution in [0, 0.1) is 5.92 Å². The summed E-state index contributed by atoms with van der Waals surface area (Å²) in [5.74, 6) is -1.32. The summed E-state index contributed by atoms with van der Waals surface area (Å²) in [6.07, 6.45) is 11.2. The number of ketones is 2. The van der Waals surface area contributed by atoms with Gasteiger partial charge in [0.2, 0.25) is 5.78 Å². The summed E-state index contributed by atoms with van der Waals surface area (Å²) in [5, 5.41) is 4.86. The van der Waals surface area contributed by atoms with Gasteiger partial charge in [0.05, 0.1) is 11.1 Å². The molecule has 0 spiro atoms. The summed E-state index contributed by atoms with van der Waals surface area (Å²) in [6.45, 7) is 8.60. The number of aromatic nitrogens is 1. The van der Waals surface area contributed by atoms with Crippen molar-refractivity contribution in [1.29, 1.82) is 0 Å². The minimum atomic E-state index is -0.648. The number of aldehydes is 1. The number of benzene rings is 4. The second kappa shape index (κ2) is 21.2. The number of unbranched alkanes of at least 4 members (excludes halogenated alkanes) is 3. The number of fused-ring (bicyclic) bond motifs is 3. The van der Waals surface area contributed by atoms with Gasteiger partial charge in [-0.3, -0.25) is 14.4 Å². The molecule has 0 saturated carbocycles. The zero-order valence-corrected chi connectivity index (χ0v) is 35.7. The molecule has 1 aliphatic rings. The molecule has 11 nitrogen and oxygen atoms in total. The minimum absolute atomic E-state index is 0.208. The average molecular weight is 837 g/mol. The zero-order chi connectivity index (χ0) is 44.2. The third kappa shape index (κ3) is 10.9. The fourth-order valence-electron chi connectivity index (χ4n) is 7.65. The molecule has 11 heteroatoms. The van der Waals surface area contributed by atoms with E-state index in [1.807, 2.05) is 24.3 Å². The summed E-state index contributed by atoms with van der Waals surface area (Å²) in [6, 6.07) is 24.0. The van der Waals surface area contributed by atoms with Gasteiger partial charge in [-0.15, -0.1) is 0 Å². The van der Waals surface area contributed by atoms with E-state index in [2.05, 4.69) is 30.5 Å². The highest BCUT2D eigenvalue weighted by Gasteiger charge is 2.27. The maximum atomic E-state index is 14.0. The number of hydrogen-bond donors (Lipinski definition) is 0. The third-order valence-corrected chi connectivity index (χ3v) is 11.2. The lowest BCUT2D eigenvalue weighted by Crippen LogP contribution is -2.20. The van der Waals surface area contributed by atoms with Gasteiger partial charge >= 0.3 is 17.9 Å². The maximum absolute atomic E-state index is 14.0. The van der Waals surface area contributed by atoms with Crippen molar-refractivity contribution in [2.75, 3.05) is 0 Å². The standard InChI is InChI=1S/C51H52N2O9/c1-5-8-10-12-45(52-62-33(4)55)49(57)40-22-28-47-44(30-40)43-29-39(21-27-46(43)53(47)31-34(7-3)11-9-6-2)48(56)36-19-25-42(26-20-36)61-51(59)38-17-15-37(16-18-38)50(58)60-41-23-13-35(32-54)14-24-41/h13-21,23-27,29-30,32,34H,5-12,22,28,31H2,1-4H3/b52-45+. The van der Waals surface area contributed by atoms with E-state index in [9.17, 15) is 28.8 Å². The van der Waals surface area contributed by atoms with Crippen LogP contribution in [-0.2, 0) is 27.4 Å². The van der Waals surface area contributed by atoms with E-state index in [1.54, 1.807) is 24.3 Å². The molecule has 1 unspecified atom stereocenters. The smallest absolute Gasteiger partial charge is 0.343 e. The molecule has 1 aromatic heterocycles. The SMILES string of the molecule is CCCCC/C(=N\OC(C)=O)C(=O)C1=Cc2c(n(CC(CC)CCCC)c3ccc(C(=O)c4ccc(OC(=O)c5ccc(C(=O)Oc6ccc(C=O)cc6)cc5)cc4)cc23)CC1. The molecule has 0 amide bonds. The molecule has 1 atom stereocenters. The second-order valence-corrected chi connectivity index (χ2v) is 15.6. The highest BCUT2D eigenvalue weighted by molar-refractivity contribution is 6.46. The number of hydrogen-bond acceptors (Lipinski definition) is 10. The van der Waals surface area contributed by atoms with Gasteiger partial charge in [-0.2, -0.15) is 0 Å². The van der Waals surface area contributed by atoms with E-state index < -0.39 is 17.9 Å². The molecule has 1 aliphatic carbocycles. The molecule has 1 heterocycles. The first kappa shape index (κ1) is 44.8. The Morgan fingerprint density at radius 3 is 1.90 bits per heavy atom. The van der Waals surface area contributed by atoms with Gasteiger partial charge in [0.15, 0.2) is 5.78 Å². The topological polar surface area (TPSA) is 147 Å². The van der Waals surface area contributed by atoms with Gasteiger partial charge < -0.3 is 18.9 Å². The summed E-state index contributed by atoms with van der Waals surface area (Å²) in [7, 11) is 0. The van der Waals surface area contributed by atoms with Crippen LogP contribution >= 0.6 is 0 Å². The zero-order valence-electron chi connectivity index (χ0n) is 35.7. The quantitative estimate of drug-likeness (QED) is 0.0109. The van der Waals surface area contributed by atoms with Crippen LogP contribution in [-0.4, -0.2) is 46.0 Å². The first-order valence-corrected chi connectivity index (χ1v) is 21.4. The van der Waals surface area contributed by atoms with Crippen LogP contribution in [0.3, 0.4) is 0 Å². The maximum Gasteiger partial charge on any atom is 0.343 e. The number of carbonyl (C=O) groups is 6. The predicted molar refractivity (Wildman–Crippen MR) is 238 cm³/mol. The Bertz CT molecular complexity index is 2510. The molecule has 320 valence electrons. The van der Waals surface area contributed by atoms with Crippen LogP contribution in [0.15, 0.2) is 102 Å². The van der Waals surface area contributed by atoms with Gasteiger partial charge in [0.1, 0.15) is 23.5 Å². The number of allylic oxidation sites excluding steroid dienone is 1. The Morgan fingerprint density at radius 2 is 1.32 bits per heavy atom. The number of ether oxygens (including phenoxy) is 2. The largest absolute Gasteiger partial charge is 0.423 e. The molecule has 0 radical (unpaired) electrons. The predicted octanol–water partition coefficient (Wildman–Crippen LogP) is 10.7. The van der Waals surface area contributed by atoms with Gasteiger partial charge in [-0.1, -0.05) is 58.0 Å². The van der Waals surface area contributed by atoms with E-state index in [0.29, 0.717) is 53.7 Å². The molecule has 4 aromatic carbocycles. The van der Waals surface area contributed by atoms with E-state index in [1.165, 1.54) is 55.5 Å². The fraction of sp³-hybridized carbons (Fsp3) is 0.314. The highest BCUT2D eigenvalue weighted by Crippen LogP contribution is 2.36. The number of rotatable bonds is 20. The van der Waals surface area contributed by atoms with Crippen LogP contribution < -0.4 is 9.47 Å². The summed E-state index contributed by atoms with van der Waals surface area (Å²) < 4.78 is 13.3. The number of Topliss-reactive ketones (excluding diaryl/α,β-unsaturated/α-hetero) is 1. The van der Waals surface area contributed by atoms with Crippen LogP contribution in [0.2, 0.25) is 0 Å².